The van der Waals surface area contributed by atoms with Crippen molar-refractivity contribution in [3.63, 3.8) is 0 Å². The normalized spacial score (nSPS) is 14.7. The molecule has 0 radical (unpaired) electrons. The Balaban J connectivity index is 1.66. The molecule has 0 unspecified atom stereocenters. The summed E-state index contributed by atoms with van der Waals surface area (Å²) < 4.78 is 20.8. The summed E-state index contributed by atoms with van der Waals surface area (Å²) in [5.41, 5.74) is 3.82. The number of fused-ring (bicyclic) bond motifs is 2. The minimum absolute atomic E-state index is 0.169. The van der Waals surface area contributed by atoms with E-state index in [9.17, 15) is 9.59 Å². The van der Waals surface area contributed by atoms with Crippen LogP contribution >= 0.6 is 11.3 Å². The van der Waals surface area contributed by atoms with Gasteiger partial charge in [0.25, 0.3) is 5.56 Å². The molecule has 1 aliphatic heterocycles. The standard InChI is InChI=1S/C35H31N3O5S/c1-5-18-37-21-24(25-14-10-11-15-26(25)37)20-29-33(39)38-32(23-16-17-27(41-3)28(19-23)42-4)30(34(40)43-6-2)31(36-35(38)44-29)22-12-8-7-9-13-22/h5,7-17,19-21,32H,1,6,18H2,2-4H3/b29-20-/t32-/m1/s1. The van der Waals surface area contributed by atoms with Gasteiger partial charge in [-0.2, -0.15) is 0 Å². The van der Waals surface area contributed by atoms with Gasteiger partial charge in [-0.25, -0.2) is 9.79 Å². The number of hydrogen-bond acceptors (Lipinski definition) is 7. The predicted octanol–water partition coefficient (Wildman–Crippen LogP) is 5.09. The smallest absolute Gasteiger partial charge is 0.338 e. The molecule has 1 aliphatic rings. The molecule has 2 aromatic heterocycles. The fourth-order valence-electron chi connectivity index (χ4n) is 5.60. The number of benzene rings is 3. The zero-order chi connectivity index (χ0) is 30.8. The van der Waals surface area contributed by atoms with Gasteiger partial charge in [-0.3, -0.25) is 9.36 Å². The van der Waals surface area contributed by atoms with Crippen molar-refractivity contribution in [1.82, 2.24) is 9.13 Å². The molecule has 8 nitrogen and oxygen atoms in total. The van der Waals surface area contributed by atoms with Crippen molar-refractivity contribution in [2.24, 2.45) is 4.99 Å². The minimum Gasteiger partial charge on any atom is -0.493 e. The number of esters is 1. The summed E-state index contributed by atoms with van der Waals surface area (Å²) in [5.74, 6) is 0.463. The molecule has 9 heteroatoms. The highest BCUT2D eigenvalue weighted by atomic mass is 32.1. The van der Waals surface area contributed by atoms with Crippen LogP contribution in [-0.2, 0) is 16.1 Å². The average molecular weight is 606 g/mol. The van der Waals surface area contributed by atoms with Gasteiger partial charge in [-0.15, -0.1) is 6.58 Å². The lowest BCUT2D eigenvalue weighted by molar-refractivity contribution is -0.138. The van der Waals surface area contributed by atoms with Crippen molar-refractivity contribution in [1.29, 1.82) is 0 Å². The van der Waals surface area contributed by atoms with E-state index < -0.39 is 12.0 Å². The van der Waals surface area contributed by atoms with E-state index in [2.05, 4.69) is 11.1 Å². The molecule has 0 saturated heterocycles. The first kappa shape index (κ1) is 28.9. The second kappa shape index (κ2) is 12.2. The third-order valence-corrected chi connectivity index (χ3v) is 8.51. The average Bonchev–Trinajstić information content (AvgIpc) is 3.56. The largest absolute Gasteiger partial charge is 0.493 e. The van der Waals surface area contributed by atoms with Gasteiger partial charge in [0, 0.05) is 34.8 Å². The van der Waals surface area contributed by atoms with Gasteiger partial charge in [0.2, 0.25) is 0 Å². The van der Waals surface area contributed by atoms with Gasteiger partial charge in [-0.05, 0) is 36.8 Å². The summed E-state index contributed by atoms with van der Waals surface area (Å²) in [4.78, 5) is 33.5. The summed E-state index contributed by atoms with van der Waals surface area (Å²) in [6.45, 7) is 6.45. The number of hydrogen-bond donors (Lipinski definition) is 0. The zero-order valence-corrected chi connectivity index (χ0v) is 25.5. The number of nitrogens with zero attached hydrogens (tertiary/aromatic N) is 3. The quantitative estimate of drug-likeness (QED) is 0.173. The molecule has 0 aliphatic carbocycles. The van der Waals surface area contributed by atoms with Crippen molar-refractivity contribution < 1.29 is 19.0 Å². The fraction of sp³-hybridized carbons (Fsp3) is 0.171. The van der Waals surface area contributed by atoms with Crippen molar-refractivity contribution in [2.45, 2.75) is 19.5 Å². The topological polar surface area (TPSA) is 84.0 Å². The predicted molar refractivity (Wildman–Crippen MR) is 173 cm³/mol. The number of ether oxygens (including phenoxy) is 3. The Morgan fingerprint density at radius 1 is 1.02 bits per heavy atom. The second-order valence-electron chi connectivity index (χ2n) is 10.1. The molecule has 44 heavy (non-hydrogen) atoms. The molecule has 0 fully saturated rings. The Morgan fingerprint density at radius 3 is 2.50 bits per heavy atom. The Bertz CT molecular complexity index is 2100. The first-order valence-corrected chi connectivity index (χ1v) is 15.0. The van der Waals surface area contributed by atoms with E-state index in [1.54, 1.807) is 37.8 Å². The van der Waals surface area contributed by atoms with Crippen molar-refractivity contribution in [3.8, 4) is 11.5 Å². The maximum atomic E-state index is 14.3. The van der Waals surface area contributed by atoms with E-state index >= 15 is 0 Å². The van der Waals surface area contributed by atoms with Crippen LogP contribution in [0.25, 0.3) is 22.7 Å². The summed E-state index contributed by atoms with van der Waals surface area (Å²) in [5, 5.41) is 1.02. The van der Waals surface area contributed by atoms with Crippen LogP contribution in [0.3, 0.4) is 0 Å². The number of allylic oxidation sites excluding steroid dienone is 1. The minimum atomic E-state index is -0.829. The molecule has 0 spiro atoms. The molecule has 3 heterocycles. The van der Waals surface area contributed by atoms with Crippen LogP contribution in [0.5, 0.6) is 11.5 Å². The van der Waals surface area contributed by atoms with Crippen LogP contribution in [0.15, 0.2) is 107 Å². The molecule has 0 saturated carbocycles. The second-order valence-corrected chi connectivity index (χ2v) is 11.1. The van der Waals surface area contributed by atoms with Crippen LogP contribution in [0.4, 0.5) is 0 Å². The van der Waals surface area contributed by atoms with Gasteiger partial charge in [0.15, 0.2) is 16.3 Å². The van der Waals surface area contributed by atoms with Gasteiger partial charge >= 0.3 is 5.97 Å². The van der Waals surface area contributed by atoms with E-state index in [1.165, 1.54) is 11.3 Å². The third-order valence-electron chi connectivity index (χ3n) is 7.53. The van der Waals surface area contributed by atoms with Crippen molar-refractivity contribution in [2.75, 3.05) is 20.8 Å². The first-order chi connectivity index (χ1) is 21.5. The molecular weight excluding hydrogens is 574 g/mol. The highest BCUT2D eigenvalue weighted by Crippen LogP contribution is 2.38. The Hall–Kier alpha value is -5.15. The van der Waals surface area contributed by atoms with E-state index in [-0.39, 0.29) is 17.7 Å². The lowest BCUT2D eigenvalue weighted by Gasteiger charge is -2.26. The maximum Gasteiger partial charge on any atom is 0.338 e. The van der Waals surface area contributed by atoms with Crippen LogP contribution in [0, 0.1) is 0 Å². The number of rotatable bonds is 9. The molecule has 5 aromatic rings. The van der Waals surface area contributed by atoms with Gasteiger partial charge in [-0.1, -0.05) is 72.0 Å². The lowest BCUT2D eigenvalue weighted by Crippen LogP contribution is -2.40. The Kier molecular flexibility index (Phi) is 8.04. The number of carbonyl (C=O) groups excluding carboxylic acids is 1. The molecule has 1 atom stereocenters. The summed E-state index contributed by atoms with van der Waals surface area (Å²) in [6, 6.07) is 22.1. The lowest BCUT2D eigenvalue weighted by atomic mass is 9.93. The van der Waals surface area contributed by atoms with Crippen LogP contribution in [0.1, 0.15) is 29.7 Å². The molecule has 3 aromatic carbocycles. The summed E-state index contributed by atoms with van der Waals surface area (Å²) >= 11 is 1.29. The number of thiazole rings is 1. The number of carbonyl (C=O) groups is 1. The van der Waals surface area contributed by atoms with E-state index in [1.807, 2.05) is 79.0 Å². The molecule has 0 amide bonds. The van der Waals surface area contributed by atoms with Gasteiger partial charge < -0.3 is 18.8 Å². The molecule has 0 N–H and O–H groups in total. The first-order valence-electron chi connectivity index (χ1n) is 14.2. The van der Waals surface area contributed by atoms with Crippen LogP contribution < -0.4 is 24.4 Å². The monoisotopic (exact) mass is 605 g/mol. The maximum absolute atomic E-state index is 14.3. The van der Waals surface area contributed by atoms with Crippen LogP contribution in [0.2, 0.25) is 0 Å². The molecule has 222 valence electrons. The molecule has 0 bridgehead atoms. The Labute approximate surface area is 258 Å². The van der Waals surface area contributed by atoms with Gasteiger partial charge in [0.1, 0.15) is 0 Å². The van der Waals surface area contributed by atoms with E-state index in [0.717, 1.165) is 22.0 Å². The van der Waals surface area contributed by atoms with Gasteiger partial charge in [0.05, 0.1) is 42.7 Å². The molecular formula is C35H31N3O5S. The molecule has 6 rings (SSSR count). The summed E-state index contributed by atoms with van der Waals surface area (Å²) in [6.07, 6.45) is 5.76. The van der Waals surface area contributed by atoms with Crippen molar-refractivity contribution in [3.05, 3.63) is 134 Å². The van der Waals surface area contributed by atoms with E-state index in [0.29, 0.717) is 38.6 Å². The number of methoxy groups -OCH3 is 2. The summed E-state index contributed by atoms with van der Waals surface area (Å²) in [7, 11) is 3.11. The third kappa shape index (κ3) is 5.05. The highest BCUT2D eigenvalue weighted by Gasteiger charge is 2.35. The number of aromatic nitrogens is 2. The zero-order valence-electron chi connectivity index (χ0n) is 24.7. The Morgan fingerprint density at radius 2 is 1.77 bits per heavy atom. The SMILES string of the molecule is C=CCn1cc(/C=c2\sc3n(c2=O)[C@H](c2ccc(OC)c(OC)c2)C(C(=O)OCC)=C(c2ccccc2)N=3)c2ccccc21. The fourth-order valence-corrected chi connectivity index (χ4v) is 6.59. The van der Waals surface area contributed by atoms with E-state index in [4.69, 9.17) is 19.2 Å². The number of para-hydroxylation sites is 1. The van der Waals surface area contributed by atoms with Crippen molar-refractivity contribution >= 4 is 40.0 Å². The highest BCUT2D eigenvalue weighted by molar-refractivity contribution is 7.07. The van der Waals surface area contributed by atoms with Crippen LogP contribution in [-0.4, -0.2) is 35.9 Å².